The summed E-state index contributed by atoms with van der Waals surface area (Å²) in [7, 11) is 0. The van der Waals surface area contributed by atoms with Gasteiger partial charge in [0.25, 0.3) is 5.91 Å². The van der Waals surface area contributed by atoms with Crippen LogP contribution in [0.15, 0.2) is 83.6 Å². The predicted molar refractivity (Wildman–Crippen MR) is 93.3 cm³/mol. The van der Waals surface area contributed by atoms with Crippen LogP contribution in [0.3, 0.4) is 0 Å². The number of carbonyl (C=O) groups is 1. The molecule has 0 atom stereocenters. The van der Waals surface area contributed by atoms with Gasteiger partial charge in [-0.15, -0.1) is 5.73 Å². The van der Waals surface area contributed by atoms with Crippen molar-refractivity contribution < 1.29 is 4.79 Å². The Labute approximate surface area is 139 Å². The van der Waals surface area contributed by atoms with Crippen LogP contribution in [-0.2, 0) is 0 Å². The number of hydrogen-bond acceptors (Lipinski definition) is 4. The summed E-state index contributed by atoms with van der Waals surface area (Å²) in [4.78, 5) is 19.5. The van der Waals surface area contributed by atoms with E-state index in [9.17, 15) is 4.79 Å². The summed E-state index contributed by atoms with van der Waals surface area (Å²) >= 11 is 0. The highest BCUT2D eigenvalue weighted by atomic mass is 16.2. The summed E-state index contributed by atoms with van der Waals surface area (Å²) < 4.78 is 0. The average Bonchev–Trinajstić information content (AvgIpc) is 3.15. The lowest BCUT2D eigenvalue weighted by molar-refractivity contribution is 0.0949. The van der Waals surface area contributed by atoms with Gasteiger partial charge in [0, 0.05) is 18.0 Å². The molecule has 0 saturated carbocycles. The van der Waals surface area contributed by atoms with Gasteiger partial charge in [0.15, 0.2) is 0 Å². The van der Waals surface area contributed by atoms with E-state index in [1.165, 1.54) is 18.6 Å². The van der Waals surface area contributed by atoms with Crippen molar-refractivity contribution in [1.82, 2.24) is 15.4 Å². The number of allylic oxidation sites excluding steroid dienone is 4. The van der Waals surface area contributed by atoms with Crippen LogP contribution in [0.1, 0.15) is 21.6 Å². The molecule has 1 amide bonds. The molecule has 24 heavy (non-hydrogen) atoms. The maximum absolute atomic E-state index is 11.7. The van der Waals surface area contributed by atoms with E-state index in [1.807, 2.05) is 54.6 Å². The first-order valence-electron chi connectivity index (χ1n) is 7.32. The smallest absolute Gasteiger partial charge is 0.265 e. The molecular formula is C19H14N4O. The molecule has 1 aliphatic carbocycles. The van der Waals surface area contributed by atoms with Crippen molar-refractivity contribution in [3.8, 4) is 0 Å². The summed E-state index contributed by atoms with van der Waals surface area (Å²) in [6, 6.07) is 7.80. The highest BCUT2D eigenvalue weighted by Gasteiger charge is 2.04. The molecule has 0 saturated heterocycles. The Hall–Kier alpha value is -3.56. The molecule has 1 aliphatic rings. The highest BCUT2D eigenvalue weighted by molar-refractivity contribution is 5.92. The van der Waals surface area contributed by atoms with Gasteiger partial charge in [0.2, 0.25) is 0 Å². The Morgan fingerprint density at radius 3 is 2.67 bits per heavy atom. The molecule has 1 aromatic carbocycles. The quantitative estimate of drug-likeness (QED) is 0.524. The van der Waals surface area contributed by atoms with Crippen molar-refractivity contribution in [3.63, 3.8) is 0 Å². The first-order chi connectivity index (χ1) is 11.8. The van der Waals surface area contributed by atoms with Gasteiger partial charge in [-0.2, -0.15) is 5.10 Å². The summed E-state index contributed by atoms with van der Waals surface area (Å²) in [6.45, 7) is 0. The Balaban J connectivity index is 1.57. The Morgan fingerprint density at radius 1 is 1.12 bits per heavy atom. The number of nitrogens with zero attached hydrogens (tertiary/aromatic N) is 3. The van der Waals surface area contributed by atoms with Gasteiger partial charge in [0.1, 0.15) is 5.69 Å². The minimum absolute atomic E-state index is 0.222. The van der Waals surface area contributed by atoms with Crippen LogP contribution in [0, 0.1) is 0 Å². The van der Waals surface area contributed by atoms with Gasteiger partial charge in [-0.05, 0) is 29.4 Å². The summed E-state index contributed by atoms with van der Waals surface area (Å²) in [5.41, 5.74) is 8.75. The maximum Gasteiger partial charge on any atom is 0.291 e. The minimum atomic E-state index is -0.398. The van der Waals surface area contributed by atoms with Gasteiger partial charge in [-0.3, -0.25) is 9.78 Å². The first kappa shape index (κ1) is 15.3. The summed E-state index contributed by atoms with van der Waals surface area (Å²) in [6.07, 6.45) is 15.8. The summed E-state index contributed by atoms with van der Waals surface area (Å²) in [5.74, 6) is -0.398. The lowest BCUT2D eigenvalue weighted by Gasteiger charge is -1.98. The lowest BCUT2D eigenvalue weighted by Crippen LogP contribution is -2.19. The van der Waals surface area contributed by atoms with E-state index in [0.717, 1.165) is 16.7 Å². The lowest BCUT2D eigenvalue weighted by atomic mass is 10.1. The van der Waals surface area contributed by atoms with Gasteiger partial charge in [-0.25, -0.2) is 10.4 Å². The second kappa shape index (κ2) is 7.63. The van der Waals surface area contributed by atoms with Crippen LogP contribution >= 0.6 is 0 Å². The number of aromatic nitrogens is 2. The first-order valence-corrected chi connectivity index (χ1v) is 7.32. The Kier molecular flexibility index (Phi) is 4.87. The number of carbonyl (C=O) groups excluding carboxylic acids is 1. The topological polar surface area (TPSA) is 67.2 Å². The Bertz CT molecular complexity index is 871. The maximum atomic E-state index is 11.7. The largest absolute Gasteiger partial charge is 0.291 e. The zero-order valence-corrected chi connectivity index (χ0v) is 12.8. The zero-order chi connectivity index (χ0) is 16.6. The zero-order valence-electron chi connectivity index (χ0n) is 12.8. The average molecular weight is 314 g/mol. The van der Waals surface area contributed by atoms with Gasteiger partial charge in [-0.1, -0.05) is 36.4 Å². The molecule has 1 aromatic heterocycles. The van der Waals surface area contributed by atoms with E-state index >= 15 is 0 Å². The van der Waals surface area contributed by atoms with E-state index in [4.69, 9.17) is 0 Å². The number of nitrogens with one attached hydrogen (secondary N) is 1. The molecule has 0 radical (unpaired) electrons. The molecule has 116 valence electrons. The SMILES string of the molecule is O=C(N/N=C/c1ccc(/C=C/C2=C=CC=C2)cc1)c1cnccn1. The molecule has 0 bridgehead atoms. The number of amides is 1. The highest BCUT2D eigenvalue weighted by Crippen LogP contribution is 2.09. The number of hydrogen-bond donors (Lipinski definition) is 1. The third-order valence-corrected chi connectivity index (χ3v) is 3.19. The normalized spacial score (nSPS) is 12.9. The van der Waals surface area contributed by atoms with Gasteiger partial charge >= 0.3 is 0 Å². The molecule has 0 fully saturated rings. The van der Waals surface area contributed by atoms with Gasteiger partial charge < -0.3 is 0 Å². The van der Waals surface area contributed by atoms with Crippen molar-refractivity contribution in [2.24, 2.45) is 5.10 Å². The summed E-state index contributed by atoms with van der Waals surface area (Å²) in [5, 5.41) is 3.92. The molecule has 0 spiro atoms. The molecule has 0 unspecified atom stereocenters. The van der Waals surface area contributed by atoms with Crippen LogP contribution in [0.4, 0.5) is 0 Å². The standard InChI is InChI=1S/C19H14N4O/c24-19(18-14-20-11-12-21-18)23-22-13-17-9-7-16(8-10-17)6-5-15-3-1-2-4-15/h1-3,5-14H,(H,23,24)/b6-5+,22-13+. The van der Waals surface area contributed by atoms with Gasteiger partial charge in [0.05, 0.1) is 12.4 Å². The fraction of sp³-hybridized carbons (Fsp3) is 0. The fourth-order valence-corrected chi connectivity index (χ4v) is 1.97. The number of rotatable bonds is 5. The molecular weight excluding hydrogens is 300 g/mol. The van der Waals surface area contributed by atoms with Crippen LogP contribution < -0.4 is 5.43 Å². The van der Waals surface area contributed by atoms with Crippen LogP contribution in [0.25, 0.3) is 6.08 Å². The van der Waals surface area contributed by atoms with Crippen molar-refractivity contribution in [3.05, 3.63) is 95.3 Å². The fourth-order valence-electron chi connectivity index (χ4n) is 1.97. The molecule has 0 aliphatic heterocycles. The van der Waals surface area contributed by atoms with E-state index in [1.54, 1.807) is 6.21 Å². The Morgan fingerprint density at radius 2 is 1.96 bits per heavy atom. The molecule has 1 heterocycles. The van der Waals surface area contributed by atoms with E-state index in [-0.39, 0.29) is 5.69 Å². The van der Waals surface area contributed by atoms with E-state index in [0.29, 0.717) is 0 Å². The molecule has 5 nitrogen and oxygen atoms in total. The van der Waals surface area contributed by atoms with Crippen molar-refractivity contribution in [2.75, 3.05) is 0 Å². The van der Waals surface area contributed by atoms with Crippen LogP contribution in [0.5, 0.6) is 0 Å². The van der Waals surface area contributed by atoms with Crippen molar-refractivity contribution >= 4 is 18.2 Å². The molecule has 2 aromatic rings. The minimum Gasteiger partial charge on any atom is -0.265 e. The molecule has 1 N–H and O–H groups in total. The number of hydrazone groups is 1. The third kappa shape index (κ3) is 4.22. The second-order valence-electron chi connectivity index (χ2n) is 4.92. The molecule has 5 heteroatoms. The third-order valence-electron chi connectivity index (χ3n) is 3.19. The van der Waals surface area contributed by atoms with Crippen LogP contribution in [0.2, 0.25) is 0 Å². The molecule has 3 rings (SSSR count). The second-order valence-corrected chi connectivity index (χ2v) is 4.92. The van der Waals surface area contributed by atoms with Crippen molar-refractivity contribution in [1.29, 1.82) is 0 Å². The monoisotopic (exact) mass is 314 g/mol. The predicted octanol–water partition coefficient (Wildman–Crippen LogP) is 2.91. The number of benzene rings is 1. The van der Waals surface area contributed by atoms with Crippen LogP contribution in [-0.4, -0.2) is 22.1 Å². The van der Waals surface area contributed by atoms with Crippen molar-refractivity contribution in [2.45, 2.75) is 0 Å². The van der Waals surface area contributed by atoms with E-state index in [2.05, 4.69) is 26.2 Å². The van der Waals surface area contributed by atoms with E-state index < -0.39 is 5.91 Å².